The van der Waals surface area contributed by atoms with E-state index in [4.69, 9.17) is 19.9 Å². The summed E-state index contributed by atoms with van der Waals surface area (Å²) < 4.78 is 29.5. The molecule has 1 aliphatic rings. The van der Waals surface area contributed by atoms with E-state index in [0.29, 0.717) is 43.8 Å². The summed E-state index contributed by atoms with van der Waals surface area (Å²) in [5.41, 5.74) is 8.01. The van der Waals surface area contributed by atoms with Crippen molar-refractivity contribution < 1.29 is 18.6 Å². The number of benzene rings is 2. The molecule has 29 heavy (non-hydrogen) atoms. The lowest BCUT2D eigenvalue weighted by Crippen LogP contribution is -2.46. The summed E-state index contributed by atoms with van der Waals surface area (Å²) in [5, 5.41) is 3.25. The van der Waals surface area contributed by atoms with Gasteiger partial charge in [-0.3, -0.25) is 0 Å². The third kappa shape index (κ3) is 5.17. The highest BCUT2D eigenvalue weighted by Gasteiger charge is 2.34. The van der Waals surface area contributed by atoms with E-state index >= 15 is 0 Å². The number of nitrogens with zero attached hydrogens (tertiary/aromatic N) is 1. The van der Waals surface area contributed by atoms with Gasteiger partial charge in [0.25, 0.3) is 0 Å². The van der Waals surface area contributed by atoms with Crippen molar-refractivity contribution in [1.29, 1.82) is 0 Å². The minimum atomic E-state index is -0.236. The van der Waals surface area contributed by atoms with Gasteiger partial charge >= 0.3 is 0 Å². The zero-order valence-corrected chi connectivity index (χ0v) is 16.9. The zero-order valence-electron chi connectivity index (χ0n) is 16.9. The standard InChI is InChI=1S/C22H28FN3O3/c1-27-19-8-3-16(13-20(19)28-2)14-25-21(24)26-15-22(9-11-29-12-10-22)17-4-6-18(23)7-5-17/h3-8,13H,9-12,14-15H2,1-2H3,(H3,24,25,26). The summed E-state index contributed by atoms with van der Waals surface area (Å²) in [7, 11) is 3.20. The van der Waals surface area contributed by atoms with Gasteiger partial charge in [0.2, 0.25) is 0 Å². The molecule has 0 spiro atoms. The summed E-state index contributed by atoms with van der Waals surface area (Å²) in [6.45, 7) is 2.37. The van der Waals surface area contributed by atoms with Gasteiger partial charge in [0.05, 0.1) is 20.8 Å². The van der Waals surface area contributed by atoms with Gasteiger partial charge in [0.1, 0.15) is 5.82 Å². The van der Waals surface area contributed by atoms with Crippen molar-refractivity contribution >= 4 is 5.96 Å². The molecule has 0 radical (unpaired) electrons. The first-order chi connectivity index (χ1) is 14.1. The van der Waals surface area contributed by atoms with E-state index in [1.54, 1.807) is 14.2 Å². The third-order valence-corrected chi connectivity index (χ3v) is 5.39. The molecule has 156 valence electrons. The van der Waals surface area contributed by atoms with Gasteiger partial charge in [0, 0.05) is 25.2 Å². The maximum atomic E-state index is 13.4. The number of halogens is 1. The van der Waals surface area contributed by atoms with Crippen LogP contribution in [0.2, 0.25) is 0 Å². The molecule has 3 rings (SSSR count). The lowest BCUT2D eigenvalue weighted by atomic mass is 9.74. The van der Waals surface area contributed by atoms with Crippen molar-refractivity contribution in [3.05, 3.63) is 59.4 Å². The molecule has 0 unspecified atom stereocenters. The first-order valence-electron chi connectivity index (χ1n) is 9.65. The molecular formula is C22H28FN3O3. The van der Waals surface area contributed by atoms with Crippen molar-refractivity contribution in [2.45, 2.75) is 24.8 Å². The van der Waals surface area contributed by atoms with E-state index in [-0.39, 0.29) is 11.2 Å². The van der Waals surface area contributed by atoms with Gasteiger partial charge in [-0.25, -0.2) is 9.38 Å². The Labute approximate surface area is 170 Å². The molecule has 0 bridgehead atoms. The van der Waals surface area contributed by atoms with Crippen LogP contribution in [0.15, 0.2) is 47.5 Å². The average Bonchev–Trinajstić information content (AvgIpc) is 2.77. The predicted octanol–water partition coefficient (Wildman–Crippen LogP) is 3.00. The Kier molecular flexibility index (Phi) is 6.93. The van der Waals surface area contributed by atoms with Crippen molar-refractivity contribution in [2.24, 2.45) is 10.7 Å². The molecule has 1 saturated heterocycles. The van der Waals surface area contributed by atoms with Crippen LogP contribution in [0.5, 0.6) is 11.5 Å². The molecule has 0 aliphatic carbocycles. The molecule has 2 aromatic rings. The first kappa shape index (κ1) is 20.9. The Morgan fingerprint density at radius 2 is 1.79 bits per heavy atom. The second kappa shape index (κ2) is 9.60. The van der Waals surface area contributed by atoms with Gasteiger partial charge in [-0.15, -0.1) is 0 Å². The zero-order chi connectivity index (χ0) is 20.7. The fourth-order valence-corrected chi connectivity index (χ4v) is 3.60. The minimum Gasteiger partial charge on any atom is -0.493 e. The highest BCUT2D eigenvalue weighted by Crippen LogP contribution is 2.34. The molecule has 0 amide bonds. The number of hydrogen-bond donors (Lipinski definition) is 2. The van der Waals surface area contributed by atoms with Crippen LogP contribution in [0.25, 0.3) is 0 Å². The fourth-order valence-electron chi connectivity index (χ4n) is 3.60. The monoisotopic (exact) mass is 401 g/mol. The Morgan fingerprint density at radius 3 is 2.45 bits per heavy atom. The predicted molar refractivity (Wildman–Crippen MR) is 111 cm³/mol. The largest absolute Gasteiger partial charge is 0.493 e. The average molecular weight is 401 g/mol. The molecule has 0 aromatic heterocycles. The summed E-state index contributed by atoms with van der Waals surface area (Å²) in [6.07, 6.45) is 1.68. The number of nitrogens with two attached hydrogens (primary N) is 1. The number of nitrogens with one attached hydrogen (secondary N) is 1. The molecule has 0 atom stereocenters. The van der Waals surface area contributed by atoms with E-state index < -0.39 is 0 Å². The molecule has 7 heteroatoms. The Hall–Kier alpha value is -2.80. The number of ether oxygens (including phenoxy) is 3. The Morgan fingerprint density at radius 1 is 1.10 bits per heavy atom. The van der Waals surface area contributed by atoms with E-state index in [1.165, 1.54) is 12.1 Å². The van der Waals surface area contributed by atoms with Gasteiger partial charge in [-0.2, -0.15) is 0 Å². The second-order valence-corrected chi connectivity index (χ2v) is 7.14. The number of rotatable bonds is 7. The van der Waals surface area contributed by atoms with Gasteiger partial charge < -0.3 is 25.3 Å². The van der Waals surface area contributed by atoms with Crippen LogP contribution in [-0.4, -0.2) is 39.9 Å². The van der Waals surface area contributed by atoms with Crippen LogP contribution in [0.4, 0.5) is 4.39 Å². The van der Waals surface area contributed by atoms with Crippen LogP contribution in [-0.2, 0) is 16.7 Å². The van der Waals surface area contributed by atoms with Crippen LogP contribution in [0.3, 0.4) is 0 Å². The number of guanidine groups is 1. The molecule has 2 aromatic carbocycles. The lowest BCUT2D eigenvalue weighted by Gasteiger charge is -2.38. The highest BCUT2D eigenvalue weighted by molar-refractivity contribution is 5.78. The first-order valence-corrected chi connectivity index (χ1v) is 9.65. The highest BCUT2D eigenvalue weighted by atomic mass is 19.1. The molecule has 1 aliphatic heterocycles. The second-order valence-electron chi connectivity index (χ2n) is 7.14. The number of hydrogen-bond acceptors (Lipinski definition) is 4. The maximum absolute atomic E-state index is 13.4. The van der Waals surface area contributed by atoms with Gasteiger partial charge in [-0.05, 0) is 48.2 Å². The van der Waals surface area contributed by atoms with E-state index in [9.17, 15) is 4.39 Å². The fraction of sp³-hybridized carbons (Fsp3) is 0.409. The summed E-state index contributed by atoms with van der Waals surface area (Å²) >= 11 is 0. The lowest BCUT2D eigenvalue weighted by molar-refractivity contribution is 0.0514. The number of methoxy groups -OCH3 is 2. The molecule has 1 heterocycles. The molecule has 0 saturated carbocycles. The quantitative estimate of drug-likeness (QED) is 0.551. The summed E-state index contributed by atoms with van der Waals surface area (Å²) in [4.78, 5) is 4.44. The normalized spacial score (nSPS) is 16.3. The van der Waals surface area contributed by atoms with Crippen LogP contribution in [0, 0.1) is 5.82 Å². The third-order valence-electron chi connectivity index (χ3n) is 5.39. The van der Waals surface area contributed by atoms with Crippen molar-refractivity contribution in [3.63, 3.8) is 0 Å². The Bertz CT molecular complexity index is 834. The minimum absolute atomic E-state index is 0.157. The summed E-state index contributed by atoms with van der Waals surface area (Å²) in [6, 6.07) is 12.4. The Balaban J connectivity index is 1.67. The van der Waals surface area contributed by atoms with Gasteiger partial charge in [0.15, 0.2) is 17.5 Å². The molecule has 6 nitrogen and oxygen atoms in total. The van der Waals surface area contributed by atoms with Crippen molar-refractivity contribution in [2.75, 3.05) is 34.0 Å². The van der Waals surface area contributed by atoms with Crippen LogP contribution >= 0.6 is 0 Å². The maximum Gasteiger partial charge on any atom is 0.188 e. The van der Waals surface area contributed by atoms with Crippen LogP contribution < -0.4 is 20.5 Å². The van der Waals surface area contributed by atoms with Crippen molar-refractivity contribution in [1.82, 2.24) is 5.32 Å². The van der Waals surface area contributed by atoms with Crippen LogP contribution in [0.1, 0.15) is 24.0 Å². The molecule has 1 fully saturated rings. The topological polar surface area (TPSA) is 78.1 Å². The number of aliphatic imine (C=N–C) groups is 1. The van der Waals surface area contributed by atoms with E-state index in [2.05, 4.69) is 10.3 Å². The van der Waals surface area contributed by atoms with Crippen molar-refractivity contribution in [3.8, 4) is 11.5 Å². The van der Waals surface area contributed by atoms with E-state index in [1.807, 2.05) is 30.3 Å². The molecule has 3 N–H and O–H groups in total. The van der Waals surface area contributed by atoms with Gasteiger partial charge in [-0.1, -0.05) is 18.2 Å². The summed E-state index contributed by atoms with van der Waals surface area (Å²) in [5.74, 6) is 1.46. The smallest absolute Gasteiger partial charge is 0.188 e. The van der Waals surface area contributed by atoms with E-state index in [0.717, 1.165) is 24.0 Å². The SMILES string of the molecule is COc1ccc(CN=C(N)NCC2(c3ccc(F)cc3)CCOCC2)cc1OC. The molecular weight excluding hydrogens is 373 g/mol.